The zero-order valence-corrected chi connectivity index (χ0v) is 21.5. The van der Waals surface area contributed by atoms with Crippen LogP contribution in [0.5, 0.6) is 23.0 Å². The van der Waals surface area contributed by atoms with Crippen LogP contribution < -0.4 is 28.6 Å². The number of rotatable bonds is 12. The second kappa shape index (κ2) is 12.2. The van der Waals surface area contributed by atoms with Crippen LogP contribution in [0.2, 0.25) is 0 Å². The van der Waals surface area contributed by atoms with Crippen LogP contribution >= 0.6 is 0 Å². The first kappa shape index (κ1) is 26.7. The highest BCUT2D eigenvalue weighted by atomic mass is 32.2. The lowest BCUT2D eigenvalue weighted by atomic mass is 10.2. The van der Waals surface area contributed by atoms with Crippen LogP contribution in [0.3, 0.4) is 0 Å². The smallest absolute Gasteiger partial charge is 0.264 e. The van der Waals surface area contributed by atoms with Crippen LogP contribution in [0.25, 0.3) is 0 Å². The lowest BCUT2D eigenvalue weighted by Crippen LogP contribution is -2.42. The van der Waals surface area contributed by atoms with Crippen LogP contribution in [0.1, 0.15) is 5.56 Å². The molecule has 1 N–H and O–H groups in total. The number of aryl methyl sites for hydroxylation is 1. The maximum Gasteiger partial charge on any atom is 0.264 e. The van der Waals surface area contributed by atoms with E-state index in [2.05, 4.69) is 5.32 Å². The number of carbonyl (C=O) groups is 1. The molecule has 0 aliphatic rings. The van der Waals surface area contributed by atoms with Gasteiger partial charge in [0.05, 0.1) is 38.5 Å². The van der Waals surface area contributed by atoms with Crippen LogP contribution in [0.4, 0.5) is 5.69 Å². The van der Waals surface area contributed by atoms with Gasteiger partial charge in [0.15, 0.2) is 11.5 Å². The Hall–Kier alpha value is -3.92. The molecule has 9 nitrogen and oxygen atoms in total. The summed E-state index contributed by atoms with van der Waals surface area (Å²) in [5.41, 5.74) is 1.18. The molecule has 0 bridgehead atoms. The number of hydrogen-bond acceptors (Lipinski definition) is 7. The number of amides is 1. The first-order valence-electron chi connectivity index (χ1n) is 11.1. The third kappa shape index (κ3) is 6.60. The minimum atomic E-state index is -4.06. The standard InChI is InChI=1S/C26H30N2O7S/c1-19-5-12-23(13-6-19)36(30,31)28(20-7-14-24(33-3)25(17-20)34-4)18-26(29)27-15-16-35-22-10-8-21(32-2)9-11-22/h5-14,17H,15-16,18H2,1-4H3,(H,27,29). The molecule has 3 aromatic rings. The van der Waals surface area contributed by atoms with Crippen molar-refractivity contribution >= 4 is 21.6 Å². The molecule has 10 heteroatoms. The molecule has 0 fully saturated rings. The van der Waals surface area contributed by atoms with Crippen molar-refractivity contribution in [3.63, 3.8) is 0 Å². The Labute approximate surface area is 211 Å². The van der Waals surface area contributed by atoms with E-state index in [9.17, 15) is 13.2 Å². The predicted molar refractivity (Wildman–Crippen MR) is 137 cm³/mol. The van der Waals surface area contributed by atoms with E-state index in [1.54, 1.807) is 55.6 Å². The van der Waals surface area contributed by atoms with E-state index < -0.39 is 22.5 Å². The van der Waals surface area contributed by atoms with Gasteiger partial charge in [0.25, 0.3) is 10.0 Å². The average Bonchev–Trinajstić information content (AvgIpc) is 2.89. The summed E-state index contributed by atoms with van der Waals surface area (Å²) in [5, 5.41) is 2.71. The number of benzene rings is 3. The summed E-state index contributed by atoms with van der Waals surface area (Å²) in [7, 11) is 0.462. The first-order chi connectivity index (χ1) is 17.3. The van der Waals surface area contributed by atoms with Crippen LogP contribution in [0, 0.1) is 6.92 Å². The van der Waals surface area contributed by atoms with Crippen molar-refractivity contribution in [2.24, 2.45) is 0 Å². The van der Waals surface area contributed by atoms with Gasteiger partial charge in [-0.15, -0.1) is 0 Å². The fourth-order valence-corrected chi connectivity index (χ4v) is 4.76. The second-order valence-corrected chi connectivity index (χ2v) is 9.60. The largest absolute Gasteiger partial charge is 0.497 e. The Bertz CT molecular complexity index is 1260. The van der Waals surface area contributed by atoms with Gasteiger partial charge in [-0.2, -0.15) is 0 Å². The highest BCUT2D eigenvalue weighted by Crippen LogP contribution is 2.33. The highest BCUT2D eigenvalue weighted by molar-refractivity contribution is 7.92. The van der Waals surface area contributed by atoms with E-state index in [4.69, 9.17) is 18.9 Å². The quantitative estimate of drug-likeness (QED) is 0.370. The molecule has 3 rings (SSSR count). The topological polar surface area (TPSA) is 103 Å². The minimum Gasteiger partial charge on any atom is -0.497 e. The maximum absolute atomic E-state index is 13.5. The van der Waals surface area contributed by atoms with Gasteiger partial charge in [0, 0.05) is 6.07 Å². The zero-order chi connectivity index (χ0) is 26.1. The maximum atomic E-state index is 13.5. The summed E-state index contributed by atoms with van der Waals surface area (Å²) < 4.78 is 49.4. The molecule has 0 aliphatic carbocycles. The molecule has 0 saturated carbocycles. The summed E-state index contributed by atoms with van der Waals surface area (Å²) in [6.07, 6.45) is 0. The Morgan fingerprint density at radius 1 is 0.833 bits per heavy atom. The Kier molecular flexibility index (Phi) is 9.02. The number of nitrogens with zero attached hydrogens (tertiary/aromatic N) is 1. The van der Waals surface area contributed by atoms with Gasteiger partial charge in [-0.25, -0.2) is 8.42 Å². The molecular formula is C26H30N2O7S. The number of ether oxygens (including phenoxy) is 4. The molecule has 0 aliphatic heterocycles. The Morgan fingerprint density at radius 2 is 1.47 bits per heavy atom. The van der Waals surface area contributed by atoms with Crippen molar-refractivity contribution in [1.82, 2.24) is 5.32 Å². The molecular weight excluding hydrogens is 484 g/mol. The molecule has 0 heterocycles. The van der Waals surface area contributed by atoms with Gasteiger partial charge in [0.1, 0.15) is 24.7 Å². The van der Waals surface area contributed by atoms with Crippen molar-refractivity contribution in [1.29, 1.82) is 0 Å². The molecule has 0 saturated heterocycles. The SMILES string of the molecule is COc1ccc(OCCNC(=O)CN(c2ccc(OC)c(OC)c2)S(=O)(=O)c2ccc(C)cc2)cc1. The van der Waals surface area contributed by atoms with Gasteiger partial charge in [-0.1, -0.05) is 17.7 Å². The number of methoxy groups -OCH3 is 3. The van der Waals surface area contributed by atoms with Crippen LogP contribution in [0.15, 0.2) is 71.6 Å². The second-order valence-electron chi connectivity index (χ2n) is 7.74. The van der Waals surface area contributed by atoms with Gasteiger partial charge < -0.3 is 24.3 Å². The van der Waals surface area contributed by atoms with Crippen LogP contribution in [-0.2, 0) is 14.8 Å². The van der Waals surface area contributed by atoms with Crippen molar-refractivity contribution in [2.75, 3.05) is 45.3 Å². The van der Waals surface area contributed by atoms with E-state index in [0.717, 1.165) is 9.87 Å². The van der Waals surface area contributed by atoms with Crippen LogP contribution in [-0.4, -0.2) is 55.4 Å². The summed E-state index contributed by atoms with van der Waals surface area (Å²) in [5.74, 6) is 1.62. The number of anilines is 1. The lowest BCUT2D eigenvalue weighted by molar-refractivity contribution is -0.119. The zero-order valence-electron chi connectivity index (χ0n) is 20.7. The summed E-state index contributed by atoms with van der Waals surface area (Å²) in [4.78, 5) is 12.9. The molecule has 0 unspecified atom stereocenters. The molecule has 0 aromatic heterocycles. The molecule has 0 spiro atoms. The van der Waals surface area contributed by atoms with Gasteiger partial charge in [-0.3, -0.25) is 9.10 Å². The molecule has 192 valence electrons. The van der Waals surface area contributed by atoms with Crippen molar-refractivity contribution in [3.05, 3.63) is 72.3 Å². The fraction of sp³-hybridized carbons (Fsp3) is 0.269. The van der Waals surface area contributed by atoms with Crippen molar-refractivity contribution < 1.29 is 32.2 Å². The van der Waals surface area contributed by atoms with E-state index in [-0.39, 0.29) is 23.7 Å². The van der Waals surface area contributed by atoms with E-state index in [1.165, 1.54) is 32.4 Å². The number of sulfonamides is 1. The van der Waals surface area contributed by atoms with Gasteiger partial charge in [0.2, 0.25) is 5.91 Å². The minimum absolute atomic E-state index is 0.0681. The summed E-state index contributed by atoms with van der Waals surface area (Å²) in [6.45, 7) is 1.83. The number of hydrogen-bond donors (Lipinski definition) is 1. The third-order valence-electron chi connectivity index (χ3n) is 5.30. The van der Waals surface area contributed by atoms with E-state index in [0.29, 0.717) is 23.0 Å². The number of carbonyl (C=O) groups excluding carboxylic acids is 1. The van der Waals surface area contributed by atoms with Gasteiger partial charge >= 0.3 is 0 Å². The van der Waals surface area contributed by atoms with Gasteiger partial charge in [-0.05, 0) is 55.5 Å². The normalized spacial score (nSPS) is 10.9. The molecule has 36 heavy (non-hydrogen) atoms. The Balaban J connectivity index is 1.75. The summed E-state index contributed by atoms with van der Waals surface area (Å²) in [6, 6.07) is 18.2. The highest BCUT2D eigenvalue weighted by Gasteiger charge is 2.28. The molecule has 0 radical (unpaired) electrons. The molecule has 0 atom stereocenters. The Morgan fingerprint density at radius 3 is 2.08 bits per heavy atom. The van der Waals surface area contributed by atoms with Crippen molar-refractivity contribution in [2.45, 2.75) is 11.8 Å². The van der Waals surface area contributed by atoms with Crippen molar-refractivity contribution in [3.8, 4) is 23.0 Å². The third-order valence-corrected chi connectivity index (χ3v) is 7.09. The average molecular weight is 515 g/mol. The fourth-order valence-electron chi connectivity index (χ4n) is 3.35. The summed E-state index contributed by atoms with van der Waals surface area (Å²) >= 11 is 0. The number of nitrogens with one attached hydrogen (secondary N) is 1. The molecule has 1 amide bonds. The molecule has 3 aromatic carbocycles. The van der Waals surface area contributed by atoms with E-state index in [1.807, 2.05) is 6.92 Å². The first-order valence-corrected chi connectivity index (χ1v) is 12.6. The monoisotopic (exact) mass is 514 g/mol. The predicted octanol–water partition coefficient (Wildman–Crippen LogP) is 3.41. The lowest BCUT2D eigenvalue weighted by Gasteiger charge is -2.25. The van der Waals surface area contributed by atoms with E-state index >= 15 is 0 Å².